The van der Waals surface area contributed by atoms with Gasteiger partial charge in [0.2, 0.25) is 0 Å². The second kappa shape index (κ2) is 5.83. The number of carbonyl (C=O) groups is 2. The van der Waals surface area contributed by atoms with Crippen LogP contribution in [0.2, 0.25) is 0 Å². The van der Waals surface area contributed by atoms with Crippen LogP contribution >= 0.6 is 0 Å². The molecule has 1 fully saturated rings. The van der Waals surface area contributed by atoms with Crippen molar-refractivity contribution in [3.63, 3.8) is 0 Å². The summed E-state index contributed by atoms with van der Waals surface area (Å²) in [6.45, 7) is 0. The van der Waals surface area contributed by atoms with E-state index in [-0.39, 0.29) is 37.7 Å². The standard InChI is InChI=1S/C8H12O4.Ca/c9-7(10)5-3-1-2-4-6(5)8(11)12;/h5-6H,1-4H2,(H,9,10)(H,11,12);/t5-,6+;. The number of hydrogen-bond donors (Lipinski definition) is 2. The van der Waals surface area contributed by atoms with Gasteiger partial charge < -0.3 is 10.2 Å². The van der Waals surface area contributed by atoms with Crippen LogP contribution in [0.5, 0.6) is 0 Å². The molecule has 0 unspecified atom stereocenters. The van der Waals surface area contributed by atoms with E-state index in [1.54, 1.807) is 0 Å². The molecule has 1 aliphatic carbocycles. The molecule has 0 amide bonds. The normalized spacial score (nSPS) is 27.4. The van der Waals surface area contributed by atoms with Gasteiger partial charge in [0.05, 0.1) is 11.8 Å². The van der Waals surface area contributed by atoms with Gasteiger partial charge in [-0.2, -0.15) is 0 Å². The SMILES string of the molecule is O=C(O)[C@H]1CCCC[C@H]1C(=O)O.[Ca]. The van der Waals surface area contributed by atoms with Crippen LogP contribution in [0.15, 0.2) is 0 Å². The van der Waals surface area contributed by atoms with E-state index in [2.05, 4.69) is 0 Å². The van der Waals surface area contributed by atoms with E-state index >= 15 is 0 Å². The molecule has 1 aliphatic rings. The Hall–Kier alpha value is 0.200. The Balaban J connectivity index is 0.00000144. The smallest absolute Gasteiger partial charge is 0.307 e. The Morgan fingerprint density at radius 3 is 1.46 bits per heavy atom. The molecule has 0 bridgehead atoms. The average molecular weight is 212 g/mol. The number of carboxylic acids is 2. The maximum absolute atomic E-state index is 10.6. The van der Waals surface area contributed by atoms with Crippen LogP contribution < -0.4 is 0 Å². The van der Waals surface area contributed by atoms with E-state index in [9.17, 15) is 9.59 Å². The van der Waals surface area contributed by atoms with Crippen molar-refractivity contribution < 1.29 is 19.8 Å². The Kier molecular flexibility index (Phi) is 5.92. The summed E-state index contributed by atoms with van der Waals surface area (Å²) in [7, 11) is 0. The first-order valence-electron chi connectivity index (χ1n) is 4.08. The van der Waals surface area contributed by atoms with Crippen LogP contribution in [0.1, 0.15) is 25.7 Å². The maximum Gasteiger partial charge on any atom is 0.307 e. The van der Waals surface area contributed by atoms with Gasteiger partial charge in [-0.1, -0.05) is 12.8 Å². The van der Waals surface area contributed by atoms with Crippen LogP contribution in [0.25, 0.3) is 0 Å². The Bertz CT molecular complexity index is 182. The predicted octanol–water partition coefficient (Wildman–Crippen LogP) is 0.581. The molecule has 4 nitrogen and oxygen atoms in total. The van der Waals surface area contributed by atoms with E-state index in [0.29, 0.717) is 12.8 Å². The van der Waals surface area contributed by atoms with Crippen LogP contribution in [0.4, 0.5) is 0 Å². The van der Waals surface area contributed by atoms with Gasteiger partial charge in [-0.15, -0.1) is 0 Å². The summed E-state index contributed by atoms with van der Waals surface area (Å²) in [5, 5.41) is 17.4. The summed E-state index contributed by atoms with van der Waals surface area (Å²) in [5.74, 6) is -3.28. The molecule has 0 aromatic rings. The fourth-order valence-electron chi connectivity index (χ4n) is 1.72. The molecule has 1 saturated carbocycles. The van der Waals surface area contributed by atoms with E-state index < -0.39 is 23.8 Å². The molecule has 5 heteroatoms. The molecule has 2 radical (unpaired) electrons. The van der Waals surface area contributed by atoms with Crippen molar-refractivity contribution in [1.82, 2.24) is 0 Å². The van der Waals surface area contributed by atoms with Gasteiger partial charge in [0.1, 0.15) is 0 Å². The van der Waals surface area contributed by atoms with Crippen LogP contribution in [0, 0.1) is 11.8 Å². The van der Waals surface area contributed by atoms with Crippen molar-refractivity contribution in [2.75, 3.05) is 0 Å². The minimum absolute atomic E-state index is 0. The van der Waals surface area contributed by atoms with Crippen molar-refractivity contribution in [2.24, 2.45) is 11.8 Å². The summed E-state index contributed by atoms with van der Waals surface area (Å²) in [6.07, 6.45) is 2.68. The summed E-state index contributed by atoms with van der Waals surface area (Å²) in [4.78, 5) is 21.2. The fraction of sp³-hybridized carbons (Fsp3) is 0.750. The first-order chi connectivity index (χ1) is 5.63. The molecule has 0 saturated heterocycles. The number of aliphatic carboxylic acids is 2. The molecule has 0 aromatic carbocycles. The molecule has 0 spiro atoms. The van der Waals surface area contributed by atoms with E-state index in [0.717, 1.165) is 12.8 Å². The molecule has 0 aromatic heterocycles. The minimum atomic E-state index is -0.970. The van der Waals surface area contributed by atoms with E-state index in [4.69, 9.17) is 10.2 Å². The molecule has 1 rings (SSSR count). The van der Waals surface area contributed by atoms with Gasteiger partial charge in [0.15, 0.2) is 0 Å². The van der Waals surface area contributed by atoms with E-state index in [1.165, 1.54) is 0 Å². The van der Waals surface area contributed by atoms with Crippen molar-refractivity contribution in [1.29, 1.82) is 0 Å². The second-order valence-corrected chi connectivity index (χ2v) is 3.17. The van der Waals surface area contributed by atoms with Crippen molar-refractivity contribution in [3.05, 3.63) is 0 Å². The van der Waals surface area contributed by atoms with Gasteiger partial charge in [0, 0.05) is 37.7 Å². The largest absolute Gasteiger partial charge is 0.481 e. The first-order valence-corrected chi connectivity index (χ1v) is 4.08. The van der Waals surface area contributed by atoms with Crippen molar-refractivity contribution >= 4 is 49.7 Å². The number of hydrogen-bond acceptors (Lipinski definition) is 2. The molecular weight excluding hydrogens is 200 g/mol. The summed E-state index contributed by atoms with van der Waals surface area (Å²) >= 11 is 0. The topological polar surface area (TPSA) is 74.6 Å². The molecule has 0 heterocycles. The van der Waals surface area contributed by atoms with Crippen molar-refractivity contribution in [2.45, 2.75) is 25.7 Å². The zero-order valence-electron chi connectivity index (χ0n) is 7.40. The van der Waals surface area contributed by atoms with Gasteiger partial charge in [-0.05, 0) is 12.8 Å². The first kappa shape index (κ1) is 13.2. The molecule has 70 valence electrons. The molecule has 2 atom stereocenters. The summed E-state index contributed by atoms with van der Waals surface area (Å²) in [6, 6.07) is 0. The van der Waals surface area contributed by atoms with E-state index in [1.807, 2.05) is 0 Å². The summed E-state index contributed by atoms with van der Waals surface area (Å²) < 4.78 is 0. The Morgan fingerprint density at radius 1 is 0.923 bits per heavy atom. The summed E-state index contributed by atoms with van der Waals surface area (Å²) in [5.41, 5.74) is 0. The van der Waals surface area contributed by atoms with Gasteiger partial charge >= 0.3 is 11.9 Å². The van der Waals surface area contributed by atoms with Crippen LogP contribution in [-0.4, -0.2) is 59.9 Å². The fourth-order valence-corrected chi connectivity index (χ4v) is 1.72. The van der Waals surface area contributed by atoms with Gasteiger partial charge in [0.25, 0.3) is 0 Å². The Labute approximate surface area is 106 Å². The number of rotatable bonds is 2. The van der Waals surface area contributed by atoms with Crippen LogP contribution in [0.3, 0.4) is 0 Å². The molecule has 0 aliphatic heterocycles. The second-order valence-electron chi connectivity index (χ2n) is 3.17. The Morgan fingerprint density at radius 2 is 1.23 bits per heavy atom. The van der Waals surface area contributed by atoms with Crippen molar-refractivity contribution in [3.8, 4) is 0 Å². The third-order valence-corrected chi connectivity index (χ3v) is 2.40. The monoisotopic (exact) mass is 212 g/mol. The van der Waals surface area contributed by atoms with Gasteiger partial charge in [-0.25, -0.2) is 0 Å². The quantitative estimate of drug-likeness (QED) is 0.657. The van der Waals surface area contributed by atoms with Gasteiger partial charge in [-0.3, -0.25) is 9.59 Å². The predicted molar refractivity (Wildman–Crippen MR) is 46.5 cm³/mol. The number of carboxylic acid groups (broad SMARTS) is 2. The third-order valence-electron chi connectivity index (χ3n) is 2.40. The average Bonchev–Trinajstić information content (AvgIpc) is 2.04. The molecular formula is C8H12CaO4. The third kappa shape index (κ3) is 3.44. The maximum atomic E-state index is 10.6. The molecule has 13 heavy (non-hydrogen) atoms. The zero-order valence-corrected chi connectivity index (χ0v) is 9.61. The van der Waals surface area contributed by atoms with Crippen LogP contribution in [-0.2, 0) is 9.59 Å². The minimum Gasteiger partial charge on any atom is -0.481 e. The zero-order chi connectivity index (χ0) is 9.14. The molecule has 2 N–H and O–H groups in total.